The van der Waals surface area contributed by atoms with E-state index in [2.05, 4.69) is 50.0 Å². The Morgan fingerprint density at radius 2 is 1.28 bits per heavy atom. The lowest BCUT2D eigenvalue weighted by atomic mass is 10.1. The van der Waals surface area contributed by atoms with Gasteiger partial charge in [-0.2, -0.15) is 13.2 Å². The van der Waals surface area contributed by atoms with E-state index in [1.165, 1.54) is 31.1 Å². The molecule has 5 heterocycles. The van der Waals surface area contributed by atoms with E-state index in [4.69, 9.17) is 0 Å². The molecule has 6 rings (SSSR count). The molecule has 0 radical (unpaired) electrons. The van der Waals surface area contributed by atoms with Crippen LogP contribution in [0.15, 0.2) is 42.9 Å². The molecule has 2 saturated heterocycles. The zero-order valence-corrected chi connectivity index (χ0v) is 29.9. The summed E-state index contributed by atoms with van der Waals surface area (Å²) in [5.74, 6) is 0.188. The summed E-state index contributed by atoms with van der Waals surface area (Å²) in [5, 5.41) is 4.90. The van der Waals surface area contributed by atoms with Gasteiger partial charge in [0.25, 0.3) is 0 Å². The number of alkyl carbamates (subject to hydrolysis) is 2. The molecular formula is C35H39F3N10O6. The van der Waals surface area contributed by atoms with E-state index in [9.17, 15) is 32.3 Å². The number of carbonyl (C=O) groups excluding carboxylic acids is 4. The zero-order chi connectivity index (χ0) is 38.7. The van der Waals surface area contributed by atoms with Gasteiger partial charge in [0.2, 0.25) is 11.8 Å². The lowest BCUT2D eigenvalue weighted by Crippen LogP contribution is -2.46. The van der Waals surface area contributed by atoms with Crippen molar-refractivity contribution in [2.45, 2.75) is 69.9 Å². The van der Waals surface area contributed by atoms with Crippen LogP contribution >= 0.6 is 0 Å². The molecule has 1 unspecified atom stereocenters. The lowest BCUT2D eigenvalue weighted by Gasteiger charge is -2.26. The minimum Gasteiger partial charge on any atom is -0.453 e. The second-order valence-corrected chi connectivity index (χ2v) is 13.0. The SMILES string of the molecule is COC(=O)N[C@@H](C)C(=O)N1CCCC1c1ncc(-c2cnc(-c3ccc(-c4nc([C@@H]5CCCN5C(=O)[C@H](C)NC(=O)OC)[nH]c4C(F)(F)F)cc3)nc2)[nH]1. The quantitative estimate of drug-likeness (QED) is 0.185. The van der Waals surface area contributed by atoms with Crippen molar-refractivity contribution in [2.24, 2.45) is 0 Å². The average Bonchev–Trinajstić information content (AvgIpc) is 4.00. The molecule has 54 heavy (non-hydrogen) atoms. The first-order valence-electron chi connectivity index (χ1n) is 17.2. The fourth-order valence-corrected chi connectivity index (χ4v) is 6.73. The summed E-state index contributed by atoms with van der Waals surface area (Å²) in [6, 6.07) is 3.40. The highest BCUT2D eigenvalue weighted by Gasteiger charge is 2.41. The number of nitrogens with zero attached hydrogens (tertiary/aromatic N) is 6. The first-order chi connectivity index (χ1) is 25.8. The average molecular weight is 753 g/mol. The number of halogens is 3. The van der Waals surface area contributed by atoms with Gasteiger partial charge in [0.15, 0.2) is 5.82 Å². The molecule has 2 aliphatic heterocycles. The summed E-state index contributed by atoms with van der Waals surface area (Å²) in [4.78, 5) is 75.9. The van der Waals surface area contributed by atoms with E-state index >= 15 is 0 Å². The summed E-state index contributed by atoms with van der Waals surface area (Å²) >= 11 is 0. The number of aromatic amines is 2. The van der Waals surface area contributed by atoms with Gasteiger partial charge in [-0.3, -0.25) is 9.59 Å². The Kier molecular flexibility index (Phi) is 10.9. The monoisotopic (exact) mass is 752 g/mol. The van der Waals surface area contributed by atoms with E-state index in [1.807, 2.05) is 0 Å². The normalized spacial score (nSPS) is 18.3. The Hall–Kier alpha value is -6.01. The Balaban J connectivity index is 1.16. The Morgan fingerprint density at radius 1 is 0.759 bits per heavy atom. The van der Waals surface area contributed by atoms with Crippen LogP contribution < -0.4 is 10.6 Å². The van der Waals surface area contributed by atoms with Crippen LogP contribution in [0.1, 0.15) is 69.0 Å². The number of likely N-dealkylation sites (tertiary alicyclic amines) is 2. The maximum Gasteiger partial charge on any atom is 0.433 e. The Labute approximate surface area is 307 Å². The number of nitrogens with one attached hydrogen (secondary N) is 4. The summed E-state index contributed by atoms with van der Waals surface area (Å²) < 4.78 is 52.0. The number of ether oxygens (including phenoxy) is 2. The van der Waals surface area contributed by atoms with Crippen molar-refractivity contribution in [1.29, 1.82) is 0 Å². The fourth-order valence-electron chi connectivity index (χ4n) is 6.73. The molecule has 3 aromatic heterocycles. The number of hydrogen-bond acceptors (Lipinski definition) is 10. The molecule has 0 spiro atoms. The maximum absolute atomic E-state index is 14.3. The van der Waals surface area contributed by atoms with E-state index in [0.29, 0.717) is 60.8 Å². The van der Waals surface area contributed by atoms with Crippen molar-refractivity contribution in [1.82, 2.24) is 50.3 Å². The highest BCUT2D eigenvalue weighted by Crippen LogP contribution is 2.40. The number of hydrogen-bond donors (Lipinski definition) is 4. The topological polar surface area (TPSA) is 200 Å². The van der Waals surface area contributed by atoms with Gasteiger partial charge in [-0.15, -0.1) is 0 Å². The number of aromatic nitrogens is 6. The lowest BCUT2D eigenvalue weighted by molar-refractivity contribution is -0.140. The van der Waals surface area contributed by atoms with Crippen LogP contribution in [-0.2, 0) is 25.2 Å². The number of alkyl halides is 3. The van der Waals surface area contributed by atoms with Gasteiger partial charge in [-0.1, -0.05) is 24.3 Å². The largest absolute Gasteiger partial charge is 0.453 e. The molecule has 4 atom stereocenters. The summed E-state index contributed by atoms with van der Waals surface area (Å²) in [6.45, 7) is 3.87. The highest BCUT2D eigenvalue weighted by atomic mass is 19.4. The predicted molar refractivity (Wildman–Crippen MR) is 185 cm³/mol. The first kappa shape index (κ1) is 37.7. The van der Waals surface area contributed by atoms with Crippen molar-refractivity contribution in [3.63, 3.8) is 0 Å². The van der Waals surface area contributed by atoms with Gasteiger partial charge in [0.05, 0.1) is 38.2 Å². The van der Waals surface area contributed by atoms with Gasteiger partial charge in [-0.05, 0) is 39.5 Å². The van der Waals surface area contributed by atoms with Crippen LogP contribution in [0.2, 0.25) is 0 Å². The molecule has 286 valence electrons. The van der Waals surface area contributed by atoms with Gasteiger partial charge in [-0.25, -0.2) is 29.5 Å². The minimum atomic E-state index is -4.76. The number of amides is 4. The minimum absolute atomic E-state index is 0.00391. The van der Waals surface area contributed by atoms with Crippen LogP contribution in [0.5, 0.6) is 0 Å². The van der Waals surface area contributed by atoms with E-state index < -0.39 is 48.1 Å². The third kappa shape index (κ3) is 7.84. The summed E-state index contributed by atoms with van der Waals surface area (Å²) in [5.41, 5.74) is 0.641. The second kappa shape index (κ2) is 15.5. The predicted octanol–water partition coefficient (Wildman–Crippen LogP) is 4.76. The van der Waals surface area contributed by atoms with Crippen LogP contribution in [-0.4, -0.2) is 103 Å². The van der Waals surface area contributed by atoms with Crippen molar-refractivity contribution in [3.05, 3.63) is 60.2 Å². The molecule has 19 heteroatoms. The molecule has 4 N–H and O–H groups in total. The third-order valence-electron chi connectivity index (χ3n) is 9.46. The van der Waals surface area contributed by atoms with Crippen molar-refractivity contribution < 1.29 is 41.8 Å². The van der Waals surface area contributed by atoms with Crippen LogP contribution in [0, 0.1) is 0 Å². The molecule has 1 aromatic carbocycles. The van der Waals surface area contributed by atoms with E-state index in [1.54, 1.807) is 42.5 Å². The number of carbonyl (C=O) groups is 4. The number of rotatable bonds is 9. The van der Waals surface area contributed by atoms with Gasteiger partial charge < -0.3 is 39.9 Å². The zero-order valence-electron chi connectivity index (χ0n) is 29.9. The molecule has 2 aliphatic rings. The van der Waals surface area contributed by atoms with Crippen molar-refractivity contribution in [3.8, 4) is 33.9 Å². The van der Waals surface area contributed by atoms with E-state index in [0.717, 1.165) is 13.5 Å². The molecule has 16 nitrogen and oxygen atoms in total. The van der Waals surface area contributed by atoms with Crippen LogP contribution in [0.4, 0.5) is 22.8 Å². The third-order valence-corrected chi connectivity index (χ3v) is 9.46. The Morgan fingerprint density at radius 3 is 1.80 bits per heavy atom. The molecule has 0 saturated carbocycles. The van der Waals surface area contributed by atoms with Gasteiger partial charge in [0.1, 0.15) is 35.1 Å². The van der Waals surface area contributed by atoms with Crippen molar-refractivity contribution in [2.75, 3.05) is 27.3 Å². The number of benzene rings is 1. The standard InChI is InChI=1S/C35H39F3N10O6/c1-18(42-33(51)53-3)31(49)47-13-5-7-24(47)29-41-17-23(44-29)22-15-39-28(40-16-22)21-11-9-20(10-12-21)26-27(35(36,37)38)46-30(45-26)25-8-6-14-48(25)32(50)19(2)43-34(52)54-4/h9-12,15-19,24-25H,5-8,13-14H2,1-4H3,(H,41,44)(H,42,51)(H,43,52)(H,45,46)/t18-,19-,24?,25-/m0/s1. The summed E-state index contributed by atoms with van der Waals surface area (Å²) in [6.07, 6.45) is 0.938. The van der Waals surface area contributed by atoms with E-state index in [-0.39, 0.29) is 29.0 Å². The van der Waals surface area contributed by atoms with Crippen LogP contribution in [0.25, 0.3) is 33.9 Å². The molecule has 0 bridgehead atoms. The van der Waals surface area contributed by atoms with Crippen molar-refractivity contribution >= 4 is 24.0 Å². The molecule has 2 fully saturated rings. The first-order valence-corrected chi connectivity index (χ1v) is 17.2. The summed E-state index contributed by atoms with van der Waals surface area (Å²) in [7, 11) is 2.39. The van der Waals surface area contributed by atoms with Gasteiger partial charge in [0, 0.05) is 42.2 Å². The van der Waals surface area contributed by atoms with Crippen LogP contribution in [0.3, 0.4) is 0 Å². The maximum atomic E-state index is 14.3. The number of H-pyrrole nitrogens is 2. The Bertz CT molecular complexity index is 2000. The second-order valence-electron chi connectivity index (χ2n) is 13.0. The molecule has 0 aliphatic carbocycles. The van der Waals surface area contributed by atoms with Gasteiger partial charge >= 0.3 is 18.4 Å². The molecule has 4 aromatic rings. The smallest absolute Gasteiger partial charge is 0.433 e. The molecule has 4 amide bonds. The number of imidazole rings is 2. The highest BCUT2D eigenvalue weighted by molar-refractivity contribution is 5.86. The number of methoxy groups -OCH3 is 2. The molecular weight excluding hydrogens is 713 g/mol. The fraction of sp³-hybridized carbons (Fsp3) is 0.429.